The van der Waals surface area contributed by atoms with Crippen molar-refractivity contribution in [1.29, 1.82) is 0 Å². The third-order valence-electron chi connectivity index (χ3n) is 3.84. The van der Waals surface area contributed by atoms with Crippen LogP contribution in [-0.4, -0.2) is 33.6 Å². The SMILES string of the molecule is CN(c1ccc(S(=O)(=O)NC2CC2)cc1)C(C)(C)CN. The first-order valence-electron chi connectivity index (χ1n) is 6.82. The topological polar surface area (TPSA) is 75.4 Å². The van der Waals surface area contributed by atoms with Gasteiger partial charge in [-0.1, -0.05) is 0 Å². The Morgan fingerprint density at radius 3 is 2.30 bits per heavy atom. The Labute approximate surface area is 121 Å². The second-order valence-corrected chi connectivity index (χ2v) is 7.68. The van der Waals surface area contributed by atoms with E-state index in [1.54, 1.807) is 12.1 Å². The Balaban J connectivity index is 2.17. The van der Waals surface area contributed by atoms with Gasteiger partial charge in [0.2, 0.25) is 10.0 Å². The molecule has 1 aromatic carbocycles. The molecule has 0 aromatic heterocycles. The zero-order chi connectivity index (χ0) is 15.0. The number of nitrogens with zero attached hydrogens (tertiary/aromatic N) is 1. The normalized spacial score (nSPS) is 16.2. The molecule has 1 saturated carbocycles. The maximum atomic E-state index is 12.1. The molecule has 0 heterocycles. The lowest BCUT2D eigenvalue weighted by molar-refractivity contribution is 0.498. The lowest BCUT2D eigenvalue weighted by Crippen LogP contribution is -2.47. The molecular formula is C14H23N3O2S. The van der Waals surface area contributed by atoms with Gasteiger partial charge in [0.25, 0.3) is 0 Å². The fraction of sp³-hybridized carbons (Fsp3) is 0.571. The van der Waals surface area contributed by atoms with Crippen molar-refractivity contribution in [1.82, 2.24) is 4.72 Å². The minimum absolute atomic E-state index is 0.124. The van der Waals surface area contributed by atoms with Crippen LogP contribution in [0.1, 0.15) is 26.7 Å². The van der Waals surface area contributed by atoms with Gasteiger partial charge in [0.15, 0.2) is 0 Å². The summed E-state index contributed by atoms with van der Waals surface area (Å²) in [5.41, 5.74) is 6.53. The number of nitrogens with one attached hydrogen (secondary N) is 1. The van der Waals surface area contributed by atoms with Crippen molar-refractivity contribution in [3.63, 3.8) is 0 Å². The van der Waals surface area contributed by atoms with Crippen molar-refractivity contribution in [2.75, 3.05) is 18.5 Å². The molecule has 1 aromatic rings. The minimum atomic E-state index is -3.37. The molecule has 112 valence electrons. The van der Waals surface area contributed by atoms with Crippen LogP contribution in [0.25, 0.3) is 0 Å². The fourth-order valence-electron chi connectivity index (χ4n) is 1.82. The summed E-state index contributed by atoms with van der Waals surface area (Å²) in [6.45, 7) is 4.62. The molecule has 0 atom stereocenters. The van der Waals surface area contributed by atoms with Crippen LogP contribution in [0.4, 0.5) is 5.69 Å². The number of likely N-dealkylation sites (N-methyl/N-ethyl adjacent to an activating group) is 1. The van der Waals surface area contributed by atoms with Crippen LogP contribution in [0.5, 0.6) is 0 Å². The summed E-state index contributed by atoms with van der Waals surface area (Å²) in [7, 11) is -1.42. The van der Waals surface area contributed by atoms with Gasteiger partial charge in [-0.25, -0.2) is 13.1 Å². The molecule has 0 bridgehead atoms. The van der Waals surface area contributed by atoms with E-state index >= 15 is 0 Å². The number of anilines is 1. The Morgan fingerprint density at radius 1 is 1.30 bits per heavy atom. The van der Waals surface area contributed by atoms with Crippen molar-refractivity contribution < 1.29 is 8.42 Å². The molecule has 3 N–H and O–H groups in total. The van der Waals surface area contributed by atoms with Gasteiger partial charge in [-0.05, 0) is 51.0 Å². The zero-order valence-electron chi connectivity index (χ0n) is 12.3. The third-order valence-corrected chi connectivity index (χ3v) is 5.38. The molecule has 0 saturated heterocycles. The van der Waals surface area contributed by atoms with Gasteiger partial charge in [0.05, 0.1) is 4.90 Å². The van der Waals surface area contributed by atoms with Crippen LogP contribution in [0.3, 0.4) is 0 Å². The number of rotatable bonds is 6. The molecule has 0 spiro atoms. The van der Waals surface area contributed by atoms with E-state index in [0.29, 0.717) is 11.4 Å². The van der Waals surface area contributed by atoms with Crippen molar-refractivity contribution in [2.45, 2.75) is 43.2 Å². The highest BCUT2D eigenvalue weighted by Crippen LogP contribution is 2.25. The summed E-state index contributed by atoms with van der Waals surface area (Å²) in [5, 5.41) is 0. The minimum Gasteiger partial charge on any atom is -0.368 e. The first kappa shape index (κ1) is 15.3. The Morgan fingerprint density at radius 2 is 1.85 bits per heavy atom. The molecule has 1 fully saturated rings. The second kappa shape index (κ2) is 5.35. The monoisotopic (exact) mass is 297 g/mol. The Kier molecular flexibility index (Phi) is 4.09. The first-order chi connectivity index (χ1) is 9.26. The summed E-state index contributed by atoms with van der Waals surface area (Å²) < 4.78 is 26.8. The predicted molar refractivity (Wildman–Crippen MR) is 81.3 cm³/mol. The smallest absolute Gasteiger partial charge is 0.240 e. The van der Waals surface area contributed by atoms with E-state index in [0.717, 1.165) is 18.5 Å². The van der Waals surface area contributed by atoms with Crippen LogP contribution in [-0.2, 0) is 10.0 Å². The van der Waals surface area contributed by atoms with Crippen LogP contribution < -0.4 is 15.4 Å². The maximum Gasteiger partial charge on any atom is 0.240 e. The highest BCUT2D eigenvalue weighted by molar-refractivity contribution is 7.89. The molecule has 1 aliphatic carbocycles. The zero-order valence-corrected chi connectivity index (χ0v) is 13.1. The summed E-state index contributed by atoms with van der Waals surface area (Å²) in [4.78, 5) is 2.37. The van der Waals surface area contributed by atoms with Crippen molar-refractivity contribution >= 4 is 15.7 Å². The van der Waals surface area contributed by atoms with E-state index in [9.17, 15) is 8.42 Å². The first-order valence-corrected chi connectivity index (χ1v) is 8.31. The summed E-state index contributed by atoms with van der Waals surface area (Å²) in [5.74, 6) is 0. The largest absolute Gasteiger partial charge is 0.368 e. The molecule has 2 rings (SSSR count). The van der Waals surface area contributed by atoms with E-state index in [4.69, 9.17) is 5.73 Å². The van der Waals surface area contributed by atoms with E-state index < -0.39 is 10.0 Å². The van der Waals surface area contributed by atoms with Crippen LogP contribution >= 0.6 is 0 Å². The van der Waals surface area contributed by atoms with Crippen LogP contribution in [0.15, 0.2) is 29.2 Å². The average Bonchev–Trinajstić information content (AvgIpc) is 3.21. The maximum absolute atomic E-state index is 12.1. The summed E-state index contributed by atoms with van der Waals surface area (Å²) >= 11 is 0. The molecule has 6 heteroatoms. The van der Waals surface area contributed by atoms with Crippen LogP contribution in [0, 0.1) is 0 Å². The standard InChI is InChI=1S/C14H23N3O2S/c1-14(2,10-15)17(3)12-6-8-13(9-7-12)20(18,19)16-11-4-5-11/h6-9,11,16H,4-5,10,15H2,1-3H3. The molecule has 5 nitrogen and oxygen atoms in total. The molecule has 0 unspecified atom stereocenters. The molecule has 0 amide bonds. The third kappa shape index (κ3) is 3.31. The van der Waals surface area contributed by atoms with Crippen LogP contribution in [0.2, 0.25) is 0 Å². The van der Waals surface area contributed by atoms with Crippen molar-refractivity contribution in [3.8, 4) is 0 Å². The van der Waals surface area contributed by atoms with E-state index in [1.807, 2.05) is 33.0 Å². The molecule has 0 aliphatic heterocycles. The second-order valence-electron chi connectivity index (χ2n) is 5.97. The average molecular weight is 297 g/mol. The number of nitrogens with two attached hydrogens (primary N) is 1. The van der Waals surface area contributed by atoms with Gasteiger partial charge < -0.3 is 10.6 Å². The van der Waals surface area contributed by atoms with Gasteiger partial charge >= 0.3 is 0 Å². The van der Waals surface area contributed by atoms with E-state index in [-0.39, 0.29) is 11.6 Å². The number of hydrogen-bond acceptors (Lipinski definition) is 4. The molecule has 20 heavy (non-hydrogen) atoms. The summed E-state index contributed by atoms with van der Waals surface area (Å²) in [6.07, 6.45) is 1.87. The fourth-order valence-corrected chi connectivity index (χ4v) is 3.13. The highest BCUT2D eigenvalue weighted by Gasteiger charge is 2.28. The van der Waals surface area contributed by atoms with Gasteiger partial charge in [0.1, 0.15) is 0 Å². The van der Waals surface area contributed by atoms with Crippen molar-refractivity contribution in [2.24, 2.45) is 5.73 Å². The van der Waals surface area contributed by atoms with Gasteiger partial charge in [-0.2, -0.15) is 0 Å². The number of hydrogen-bond donors (Lipinski definition) is 2. The number of benzene rings is 1. The lowest BCUT2D eigenvalue weighted by atomic mass is 10.0. The van der Waals surface area contributed by atoms with Gasteiger partial charge in [-0.3, -0.25) is 0 Å². The Bertz CT molecular complexity index is 563. The number of sulfonamides is 1. The van der Waals surface area contributed by atoms with Gasteiger partial charge in [-0.15, -0.1) is 0 Å². The van der Waals surface area contributed by atoms with Gasteiger partial charge in [0, 0.05) is 30.9 Å². The Hall–Kier alpha value is -1.11. The summed E-state index contributed by atoms with van der Waals surface area (Å²) in [6, 6.07) is 7.04. The predicted octanol–water partition coefficient (Wildman–Crippen LogP) is 1.30. The van der Waals surface area contributed by atoms with E-state index in [1.165, 1.54) is 0 Å². The lowest BCUT2D eigenvalue weighted by Gasteiger charge is -2.36. The quantitative estimate of drug-likeness (QED) is 0.830. The molecule has 0 radical (unpaired) electrons. The highest BCUT2D eigenvalue weighted by atomic mass is 32.2. The molecular weight excluding hydrogens is 274 g/mol. The van der Waals surface area contributed by atoms with Crippen molar-refractivity contribution in [3.05, 3.63) is 24.3 Å². The molecule has 1 aliphatic rings. The van der Waals surface area contributed by atoms with E-state index in [2.05, 4.69) is 9.62 Å².